The third kappa shape index (κ3) is 3.61. The minimum atomic E-state index is -0.489. The first-order valence-electron chi connectivity index (χ1n) is 7.03. The highest BCUT2D eigenvalue weighted by Crippen LogP contribution is 2.20. The molecule has 0 radical (unpaired) electrons. The Hall–Kier alpha value is -1.80. The van der Waals surface area contributed by atoms with E-state index in [1.807, 2.05) is 19.1 Å². The highest BCUT2D eigenvalue weighted by atomic mass is 16.3. The molecule has 0 aliphatic rings. The Morgan fingerprint density at radius 2 is 1.55 bits per heavy atom. The second-order valence-corrected chi connectivity index (χ2v) is 5.63. The van der Waals surface area contributed by atoms with E-state index < -0.39 is 6.10 Å². The molecule has 0 saturated heterocycles. The van der Waals surface area contributed by atoms with Gasteiger partial charge in [0.25, 0.3) is 0 Å². The predicted molar refractivity (Wildman–Crippen MR) is 85.3 cm³/mol. The van der Waals surface area contributed by atoms with Gasteiger partial charge in [0, 0.05) is 12.2 Å². The smallest absolute Gasteiger partial charge is 0.0964 e. The molecule has 0 aliphatic carbocycles. The van der Waals surface area contributed by atoms with E-state index in [1.54, 1.807) is 0 Å². The molecule has 2 N–H and O–H groups in total. The van der Waals surface area contributed by atoms with Crippen LogP contribution in [0.1, 0.15) is 33.9 Å². The third-order valence-electron chi connectivity index (χ3n) is 3.51. The van der Waals surface area contributed by atoms with Crippen molar-refractivity contribution in [3.05, 3.63) is 64.2 Å². The average Bonchev–Trinajstić information content (AvgIpc) is 2.35. The van der Waals surface area contributed by atoms with Crippen LogP contribution in [0.25, 0.3) is 0 Å². The first-order chi connectivity index (χ1) is 9.45. The summed E-state index contributed by atoms with van der Waals surface area (Å²) in [6.07, 6.45) is -0.489. The van der Waals surface area contributed by atoms with E-state index in [1.165, 1.54) is 16.7 Å². The zero-order valence-corrected chi connectivity index (χ0v) is 12.7. The lowest BCUT2D eigenvalue weighted by Gasteiger charge is -2.16. The van der Waals surface area contributed by atoms with E-state index in [0.717, 1.165) is 16.8 Å². The molecule has 2 aromatic rings. The van der Waals surface area contributed by atoms with Gasteiger partial charge in [0.15, 0.2) is 0 Å². The van der Waals surface area contributed by atoms with Crippen LogP contribution in [0.2, 0.25) is 0 Å². The number of hydrogen-bond acceptors (Lipinski definition) is 2. The van der Waals surface area contributed by atoms with E-state index >= 15 is 0 Å². The monoisotopic (exact) mass is 269 g/mol. The van der Waals surface area contributed by atoms with Crippen molar-refractivity contribution in [2.45, 2.75) is 33.8 Å². The number of nitrogens with one attached hydrogen (secondary N) is 1. The molecule has 0 bridgehead atoms. The standard InChI is InChI=1S/C18H23NO/c1-12-5-6-17(15(4)8-12)18(20)11-19-16-9-13(2)7-14(3)10-16/h5-10,18-20H,11H2,1-4H3. The fraction of sp³-hybridized carbons (Fsp3) is 0.333. The maximum Gasteiger partial charge on any atom is 0.0964 e. The number of aliphatic hydroxyl groups is 1. The molecule has 0 aromatic heterocycles. The minimum absolute atomic E-state index is 0.489. The highest BCUT2D eigenvalue weighted by Gasteiger charge is 2.10. The lowest BCUT2D eigenvalue weighted by molar-refractivity contribution is 0.191. The van der Waals surface area contributed by atoms with Crippen LogP contribution in [0.15, 0.2) is 36.4 Å². The van der Waals surface area contributed by atoms with Crippen molar-refractivity contribution in [2.75, 3.05) is 11.9 Å². The number of hydrogen-bond donors (Lipinski definition) is 2. The van der Waals surface area contributed by atoms with Crippen molar-refractivity contribution in [3.63, 3.8) is 0 Å². The minimum Gasteiger partial charge on any atom is -0.387 e. The lowest BCUT2D eigenvalue weighted by Crippen LogP contribution is -2.13. The summed E-state index contributed by atoms with van der Waals surface area (Å²) < 4.78 is 0. The summed E-state index contributed by atoms with van der Waals surface area (Å²) in [5.74, 6) is 0. The Morgan fingerprint density at radius 3 is 2.15 bits per heavy atom. The Morgan fingerprint density at radius 1 is 0.900 bits per heavy atom. The van der Waals surface area contributed by atoms with Crippen LogP contribution < -0.4 is 5.32 Å². The SMILES string of the molecule is Cc1cc(C)cc(NCC(O)c2ccc(C)cc2C)c1. The maximum absolute atomic E-state index is 10.3. The van der Waals surface area contributed by atoms with Crippen LogP contribution in [0.3, 0.4) is 0 Å². The van der Waals surface area contributed by atoms with E-state index in [9.17, 15) is 5.11 Å². The Bertz CT molecular complexity index is 584. The van der Waals surface area contributed by atoms with Crippen molar-refractivity contribution in [1.82, 2.24) is 0 Å². The molecule has 0 amide bonds. The van der Waals surface area contributed by atoms with Gasteiger partial charge in [-0.3, -0.25) is 0 Å². The molecule has 1 atom stereocenters. The predicted octanol–water partition coefficient (Wildman–Crippen LogP) is 4.07. The second kappa shape index (κ2) is 6.10. The lowest BCUT2D eigenvalue weighted by atomic mass is 10.0. The van der Waals surface area contributed by atoms with Gasteiger partial charge in [0.2, 0.25) is 0 Å². The zero-order chi connectivity index (χ0) is 14.7. The summed E-state index contributed by atoms with van der Waals surface area (Å²) in [5.41, 5.74) is 6.88. The Balaban J connectivity index is 2.06. The number of aliphatic hydroxyl groups excluding tert-OH is 1. The van der Waals surface area contributed by atoms with Gasteiger partial charge < -0.3 is 10.4 Å². The topological polar surface area (TPSA) is 32.3 Å². The summed E-state index contributed by atoms with van der Waals surface area (Å²) in [7, 11) is 0. The van der Waals surface area contributed by atoms with Gasteiger partial charge in [-0.1, -0.05) is 29.8 Å². The third-order valence-corrected chi connectivity index (χ3v) is 3.51. The van der Waals surface area contributed by atoms with Crippen molar-refractivity contribution < 1.29 is 5.11 Å². The molecule has 2 heteroatoms. The van der Waals surface area contributed by atoms with Gasteiger partial charge in [-0.05, 0) is 62.1 Å². The second-order valence-electron chi connectivity index (χ2n) is 5.63. The number of anilines is 1. The molecule has 0 fully saturated rings. The quantitative estimate of drug-likeness (QED) is 0.877. The van der Waals surface area contributed by atoms with Crippen LogP contribution in [0, 0.1) is 27.7 Å². The van der Waals surface area contributed by atoms with E-state index in [4.69, 9.17) is 0 Å². The first kappa shape index (κ1) is 14.6. The average molecular weight is 269 g/mol. The van der Waals surface area contributed by atoms with Gasteiger partial charge in [-0.2, -0.15) is 0 Å². The van der Waals surface area contributed by atoms with Gasteiger partial charge in [0.1, 0.15) is 0 Å². The molecule has 0 spiro atoms. The molecule has 0 aliphatic heterocycles. The number of benzene rings is 2. The summed E-state index contributed by atoms with van der Waals surface area (Å²) in [4.78, 5) is 0. The molecule has 2 nitrogen and oxygen atoms in total. The molecule has 1 unspecified atom stereocenters. The highest BCUT2D eigenvalue weighted by molar-refractivity contribution is 5.48. The molecule has 20 heavy (non-hydrogen) atoms. The summed E-state index contributed by atoms with van der Waals surface area (Å²) >= 11 is 0. The normalized spacial score (nSPS) is 12.2. The molecule has 2 rings (SSSR count). The summed E-state index contributed by atoms with van der Waals surface area (Å²) in [6, 6.07) is 12.5. The Kier molecular flexibility index (Phi) is 4.46. The molecule has 0 heterocycles. The fourth-order valence-electron chi connectivity index (χ4n) is 2.60. The first-order valence-corrected chi connectivity index (χ1v) is 7.03. The fourth-order valence-corrected chi connectivity index (χ4v) is 2.60. The van der Waals surface area contributed by atoms with Crippen molar-refractivity contribution in [2.24, 2.45) is 0 Å². The van der Waals surface area contributed by atoms with Crippen LogP contribution in [0.5, 0.6) is 0 Å². The van der Waals surface area contributed by atoms with Crippen LogP contribution in [0.4, 0.5) is 5.69 Å². The maximum atomic E-state index is 10.3. The summed E-state index contributed by atoms with van der Waals surface area (Å²) in [5, 5.41) is 13.6. The molecular formula is C18H23NO. The number of aryl methyl sites for hydroxylation is 4. The van der Waals surface area contributed by atoms with Crippen LogP contribution >= 0.6 is 0 Å². The van der Waals surface area contributed by atoms with Crippen LogP contribution in [-0.4, -0.2) is 11.7 Å². The van der Waals surface area contributed by atoms with Gasteiger partial charge in [0.05, 0.1) is 6.10 Å². The zero-order valence-electron chi connectivity index (χ0n) is 12.7. The van der Waals surface area contributed by atoms with E-state index in [-0.39, 0.29) is 0 Å². The van der Waals surface area contributed by atoms with Crippen molar-refractivity contribution in [1.29, 1.82) is 0 Å². The number of rotatable bonds is 4. The molecule has 106 valence electrons. The molecule has 2 aromatic carbocycles. The molecule has 0 saturated carbocycles. The van der Waals surface area contributed by atoms with Crippen molar-refractivity contribution in [3.8, 4) is 0 Å². The van der Waals surface area contributed by atoms with Gasteiger partial charge >= 0.3 is 0 Å². The largest absolute Gasteiger partial charge is 0.387 e. The summed E-state index contributed by atoms with van der Waals surface area (Å²) in [6.45, 7) is 8.80. The molecular weight excluding hydrogens is 246 g/mol. The van der Waals surface area contributed by atoms with E-state index in [2.05, 4.69) is 50.4 Å². The van der Waals surface area contributed by atoms with Crippen LogP contribution in [-0.2, 0) is 0 Å². The van der Waals surface area contributed by atoms with Crippen molar-refractivity contribution >= 4 is 5.69 Å². The van der Waals surface area contributed by atoms with Gasteiger partial charge in [-0.15, -0.1) is 0 Å². The van der Waals surface area contributed by atoms with E-state index in [0.29, 0.717) is 6.54 Å². The Labute approximate surface area is 121 Å². The van der Waals surface area contributed by atoms with Gasteiger partial charge in [-0.25, -0.2) is 0 Å².